The maximum absolute atomic E-state index is 9.89. The summed E-state index contributed by atoms with van der Waals surface area (Å²) < 4.78 is 21.1. The van der Waals surface area contributed by atoms with E-state index in [0.29, 0.717) is 13.2 Å². The molecule has 8 heteroatoms. The van der Waals surface area contributed by atoms with Crippen LogP contribution < -0.4 is 19.5 Å². The van der Waals surface area contributed by atoms with Crippen molar-refractivity contribution in [2.75, 3.05) is 13.2 Å². The zero-order valence-electron chi connectivity index (χ0n) is 32.3. The van der Waals surface area contributed by atoms with Gasteiger partial charge < -0.3 is 23.8 Å². The van der Waals surface area contributed by atoms with Crippen molar-refractivity contribution in [2.45, 2.75) is 13.8 Å². The third kappa shape index (κ3) is 12.0. The van der Waals surface area contributed by atoms with Crippen molar-refractivity contribution in [1.29, 1.82) is 0 Å². The summed E-state index contributed by atoms with van der Waals surface area (Å²) in [5.74, 6) is 1.82. The Hall–Kier alpha value is -6.03. The summed E-state index contributed by atoms with van der Waals surface area (Å²) in [6.07, 6.45) is 0. The highest BCUT2D eigenvalue weighted by Crippen LogP contribution is 2.39. The summed E-state index contributed by atoms with van der Waals surface area (Å²) in [4.78, 5) is 5.06. The van der Waals surface area contributed by atoms with Gasteiger partial charge in [-0.2, -0.15) is 0 Å². The van der Waals surface area contributed by atoms with Gasteiger partial charge >= 0.3 is 0 Å². The minimum absolute atomic E-state index is 0.683. The zero-order chi connectivity index (χ0) is 40.5. The molecule has 2 aromatic heterocycles. The Kier molecular flexibility index (Phi) is 15.4. The fourth-order valence-corrected chi connectivity index (χ4v) is 8.37. The topological polar surface area (TPSA) is 64.6 Å². The fraction of sp³-hybridized carbons (Fsp3) is 0.0800. The molecule has 0 aliphatic carbocycles. The normalized spacial score (nSPS) is 10.3. The van der Waals surface area contributed by atoms with Gasteiger partial charge in [0.2, 0.25) is 42.2 Å². The Bertz CT molecular complexity index is 2150. The first-order chi connectivity index (χ1) is 28.4. The summed E-state index contributed by atoms with van der Waals surface area (Å²) in [5.41, 5.74) is 9.80. The molecule has 58 heavy (non-hydrogen) atoms. The van der Waals surface area contributed by atoms with Gasteiger partial charge in [0.1, 0.15) is 18.9 Å². The third-order valence-corrected chi connectivity index (χ3v) is 11.1. The average Bonchev–Trinajstić information content (AvgIpc) is 3.28. The smallest absolute Gasteiger partial charge is 0.239 e. The van der Waals surface area contributed by atoms with Crippen molar-refractivity contribution in [3.05, 3.63) is 194 Å². The molecule has 0 amide bonds. The SMILES string of the molecule is CCOc1ccc(-c2cc(-c3ccccc3)[s+]c(-c3ccccc3)c2)cc1.CCOc1ccc(-c2cc(-c3ccccc3)[s+]c(-c3ccccc3)c2)cc1.[O-]B([O-])F. The number of ether oxygens (including phenoxy) is 2. The van der Waals surface area contributed by atoms with Crippen LogP contribution >= 0.6 is 22.7 Å². The van der Waals surface area contributed by atoms with E-state index in [2.05, 4.69) is 170 Å². The molecule has 8 aromatic rings. The van der Waals surface area contributed by atoms with Crippen LogP contribution in [0, 0.1) is 0 Å². The third-order valence-electron chi connectivity index (χ3n) is 8.82. The Balaban J connectivity index is 0.000000179. The van der Waals surface area contributed by atoms with Gasteiger partial charge in [-0.15, -0.1) is 0 Å². The molecule has 0 saturated heterocycles. The van der Waals surface area contributed by atoms with Crippen LogP contribution in [0.25, 0.3) is 64.0 Å². The van der Waals surface area contributed by atoms with E-state index in [1.165, 1.54) is 64.0 Å². The summed E-state index contributed by atoms with van der Waals surface area (Å²) in [5, 5.41) is 16.6. The fourth-order valence-electron chi connectivity index (χ4n) is 6.14. The van der Waals surface area contributed by atoms with E-state index in [0.717, 1.165) is 11.5 Å². The molecule has 288 valence electrons. The van der Waals surface area contributed by atoms with Crippen LogP contribution in [-0.4, -0.2) is 20.6 Å². The minimum Gasteiger partial charge on any atom is -0.867 e. The van der Waals surface area contributed by atoms with Crippen LogP contribution in [-0.2, 0) is 0 Å². The lowest BCUT2D eigenvalue weighted by Gasteiger charge is -2.09. The lowest BCUT2D eigenvalue weighted by molar-refractivity contribution is -0.366. The van der Waals surface area contributed by atoms with Gasteiger partial charge in [0.05, 0.1) is 13.2 Å². The van der Waals surface area contributed by atoms with Crippen LogP contribution in [0.4, 0.5) is 4.32 Å². The highest BCUT2D eigenvalue weighted by atomic mass is 32.1. The molecule has 0 N–H and O–H groups in total. The van der Waals surface area contributed by atoms with Crippen LogP contribution in [0.3, 0.4) is 0 Å². The molecule has 0 spiro atoms. The van der Waals surface area contributed by atoms with Crippen molar-refractivity contribution in [2.24, 2.45) is 0 Å². The number of hydrogen-bond acceptors (Lipinski definition) is 4. The van der Waals surface area contributed by atoms with Crippen LogP contribution in [0.1, 0.15) is 13.8 Å². The molecular formula is C50H42BFO4S2. The Morgan fingerprint density at radius 3 is 0.845 bits per heavy atom. The zero-order valence-corrected chi connectivity index (χ0v) is 33.9. The molecule has 0 atom stereocenters. The van der Waals surface area contributed by atoms with E-state index in [-0.39, 0.29) is 0 Å². The van der Waals surface area contributed by atoms with Crippen molar-refractivity contribution in [3.63, 3.8) is 0 Å². The molecule has 0 bridgehead atoms. The summed E-state index contributed by atoms with van der Waals surface area (Å²) in [6.45, 7) is 5.38. The molecule has 0 fully saturated rings. The molecule has 0 unspecified atom stereocenters. The number of hydrogen-bond donors (Lipinski definition) is 0. The molecule has 0 aliphatic heterocycles. The number of halogens is 1. The lowest BCUT2D eigenvalue weighted by atomic mass is 10.0. The van der Waals surface area contributed by atoms with Gasteiger partial charge in [0, 0.05) is 46.5 Å². The standard InChI is InChI=1S/2C25H21OS.BFO2/c2*1-2-26-23-15-13-19(14-16-23)22-17-24(20-9-5-3-6-10-20)27-25(18-22)21-11-7-4-8-12-21;2-1(3)4/h2*3-18H,2H2,1H3;/q2*+1;-2. The maximum atomic E-state index is 9.89. The number of benzene rings is 6. The summed E-state index contributed by atoms with van der Waals surface area (Å²) in [7, 11) is -3.17. The monoisotopic (exact) mass is 800 g/mol. The quantitative estimate of drug-likeness (QED) is 0.102. The highest BCUT2D eigenvalue weighted by Gasteiger charge is 2.20. The number of rotatable bonds is 10. The first kappa shape index (κ1) is 41.6. The Morgan fingerprint density at radius 1 is 0.379 bits per heavy atom. The molecule has 2 heterocycles. The maximum Gasteiger partial charge on any atom is 0.239 e. The predicted octanol–water partition coefficient (Wildman–Crippen LogP) is 12.5. The second kappa shape index (κ2) is 21.5. The van der Waals surface area contributed by atoms with E-state index in [9.17, 15) is 4.32 Å². The van der Waals surface area contributed by atoms with Gasteiger partial charge in [-0.25, -0.2) is 0 Å². The molecule has 6 aromatic carbocycles. The first-order valence-corrected chi connectivity index (χ1v) is 20.6. The Morgan fingerprint density at radius 2 is 0.621 bits per heavy atom. The molecule has 8 rings (SSSR count). The van der Waals surface area contributed by atoms with Crippen LogP contribution in [0.2, 0.25) is 0 Å². The van der Waals surface area contributed by atoms with E-state index in [1.807, 2.05) is 60.8 Å². The molecule has 4 nitrogen and oxygen atoms in total. The predicted molar refractivity (Wildman–Crippen MR) is 239 cm³/mol. The lowest BCUT2D eigenvalue weighted by Crippen LogP contribution is -2.39. The van der Waals surface area contributed by atoms with Gasteiger partial charge in [-0.3, -0.25) is 0 Å². The Labute approximate surface area is 349 Å². The van der Waals surface area contributed by atoms with Crippen molar-refractivity contribution in [3.8, 4) is 75.5 Å². The van der Waals surface area contributed by atoms with E-state index < -0.39 is 7.40 Å². The highest BCUT2D eigenvalue weighted by molar-refractivity contribution is 7.18. The molecule has 0 aliphatic rings. The second-order valence-corrected chi connectivity index (χ2v) is 15.0. The van der Waals surface area contributed by atoms with E-state index >= 15 is 0 Å². The van der Waals surface area contributed by atoms with Gasteiger partial charge in [0.25, 0.3) is 0 Å². The largest absolute Gasteiger partial charge is 0.867 e. The van der Waals surface area contributed by atoms with Gasteiger partial charge in [0.15, 0.2) is 0 Å². The summed E-state index contributed by atoms with van der Waals surface area (Å²) >= 11 is 3.65. The average molecular weight is 801 g/mol. The van der Waals surface area contributed by atoms with Crippen molar-refractivity contribution in [1.82, 2.24) is 0 Å². The van der Waals surface area contributed by atoms with Gasteiger partial charge in [-0.1, -0.05) is 97.1 Å². The first-order valence-electron chi connectivity index (χ1n) is 19.0. The van der Waals surface area contributed by atoms with Crippen LogP contribution in [0.5, 0.6) is 11.5 Å². The van der Waals surface area contributed by atoms with Crippen molar-refractivity contribution < 1.29 is 23.8 Å². The minimum atomic E-state index is -3.17. The van der Waals surface area contributed by atoms with Crippen molar-refractivity contribution >= 4 is 30.1 Å². The molecular weight excluding hydrogens is 758 g/mol. The second-order valence-electron chi connectivity index (χ2n) is 12.8. The van der Waals surface area contributed by atoms with E-state index in [4.69, 9.17) is 19.5 Å². The molecule has 0 saturated carbocycles. The van der Waals surface area contributed by atoms with Gasteiger partial charge in [-0.05, 0) is 109 Å². The van der Waals surface area contributed by atoms with E-state index in [1.54, 1.807) is 0 Å². The van der Waals surface area contributed by atoms with Crippen LogP contribution in [0.15, 0.2) is 194 Å². The molecule has 0 radical (unpaired) electrons. The summed E-state index contributed by atoms with van der Waals surface area (Å²) in [6, 6.07) is 68.1.